The van der Waals surface area contributed by atoms with Crippen LogP contribution >= 0.6 is 23.2 Å². The summed E-state index contributed by atoms with van der Waals surface area (Å²) < 4.78 is 30.4. The van der Waals surface area contributed by atoms with Crippen LogP contribution in [0, 0.1) is 5.21 Å². The lowest BCUT2D eigenvalue weighted by Crippen LogP contribution is -2.50. The van der Waals surface area contributed by atoms with Gasteiger partial charge in [-0.25, -0.2) is 13.4 Å². The van der Waals surface area contributed by atoms with Gasteiger partial charge in [-0.2, -0.15) is 4.72 Å². The number of benzene rings is 2. The number of nitrogen functional groups attached to an aromatic ring is 1. The second-order valence-corrected chi connectivity index (χ2v) is 10.6. The Morgan fingerprint density at radius 2 is 1.89 bits per heavy atom. The number of hydrogen-bond acceptors (Lipinski definition) is 7. The number of hydrogen-bond donors (Lipinski definition) is 3. The second kappa shape index (κ2) is 10.4. The standard InChI is InChI=1S/C22H23Cl2N6O4S/c23-17-11-16(12-18(24)20(17)25)35(33,34)28-19(6-9-29-10-7-26-22(29)27-32)21(31)30-8-5-14-3-1-2-4-15(14)13-30/h1-4,7,10-12,19,28H,5-6,8-9,13,25H2,(H-,26,27,32)/q-1. The molecule has 0 aliphatic carbocycles. The number of carbonyl (C=O) groups excluding carboxylic acids is 1. The van der Waals surface area contributed by atoms with E-state index in [2.05, 4.69) is 9.71 Å². The number of aromatic nitrogens is 2. The molecular weight excluding hydrogens is 515 g/mol. The summed E-state index contributed by atoms with van der Waals surface area (Å²) in [6.07, 6.45) is 3.72. The van der Waals surface area contributed by atoms with Crippen molar-refractivity contribution in [3.63, 3.8) is 0 Å². The fraction of sp³-hybridized carbons (Fsp3) is 0.273. The maximum atomic E-state index is 13.5. The lowest BCUT2D eigenvalue weighted by Gasteiger charge is -2.32. The first-order valence-electron chi connectivity index (χ1n) is 10.7. The summed E-state index contributed by atoms with van der Waals surface area (Å²) in [7, 11) is -4.20. The van der Waals surface area contributed by atoms with E-state index in [4.69, 9.17) is 28.9 Å². The molecule has 2 heterocycles. The molecule has 0 radical (unpaired) electrons. The van der Waals surface area contributed by atoms with Crippen LogP contribution < -0.4 is 15.9 Å². The molecule has 0 bridgehead atoms. The van der Waals surface area contributed by atoms with Crippen LogP contribution in [0.15, 0.2) is 53.7 Å². The Labute approximate surface area is 212 Å². The van der Waals surface area contributed by atoms with Gasteiger partial charge in [-0.05, 0) is 36.1 Å². The lowest BCUT2D eigenvalue weighted by atomic mass is 9.99. The Bertz CT molecular complexity index is 1320. The van der Waals surface area contributed by atoms with E-state index in [0.29, 0.717) is 19.5 Å². The quantitative estimate of drug-likeness (QED) is 0.295. The largest absolute Gasteiger partial charge is 0.759 e. The summed E-state index contributed by atoms with van der Waals surface area (Å²) in [5.74, 6) is -0.324. The van der Waals surface area contributed by atoms with Gasteiger partial charge in [-0.1, -0.05) is 47.5 Å². The summed E-state index contributed by atoms with van der Waals surface area (Å²) in [4.78, 5) is 18.8. The summed E-state index contributed by atoms with van der Waals surface area (Å²) in [6, 6.07) is 9.05. The fourth-order valence-electron chi connectivity index (χ4n) is 3.97. The molecule has 2 aromatic carbocycles. The molecule has 1 amide bonds. The number of nitrogens with two attached hydrogens (primary N) is 1. The third-order valence-corrected chi connectivity index (χ3v) is 7.94. The minimum absolute atomic E-state index is 0.0158. The number of anilines is 2. The molecule has 35 heavy (non-hydrogen) atoms. The normalized spacial score (nSPS) is 14.4. The predicted molar refractivity (Wildman–Crippen MR) is 134 cm³/mol. The first kappa shape index (κ1) is 25.3. The third-order valence-electron chi connectivity index (χ3n) is 5.87. The van der Waals surface area contributed by atoms with E-state index in [-0.39, 0.29) is 45.4 Å². The molecule has 10 nitrogen and oxygen atoms in total. The van der Waals surface area contributed by atoms with E-state index in [1.165, 1.54) is 22.9 Å². The SMILES string of the molecule is Nc1c(Cl)cc(S(=O)(=O)NC(CCn2ccnc2N[O-])C(=O)N2CCc3ccccc3C2)cc1Cl. The molecule has 1 aliphatic rings. The van der Waals surface area contributed by atoms with Crippen molar-refractivity contribution in [1.82, 2.24) is 19.2 Å². The van der Waals surface area contributed by atoms with Gasteiger partial charge in [0, 0.05) is 32.0 Å². The molecule has 1 atom stereocenters. The molecule has 4 N–H and O–H groups in total. The zero-order valence-corrected chi connectivity index (χ0v) is 20.8. The van der Waals surface area contributed by atoms with Gasteiger partial charge in [0.15, 0.2) is 5.95 Å². The van der Waals surface area contributed by atoms with Gasteiger partial charge in [0.25, 0.3) is 0 Å². The lowest BCUT2D eigenvalue weighted by molar-refractivity contribution is -0.134. The summed E-state index contributed by atoms with van der Waals surface area (Å²) >= 11 is 12.1. The topological polar surface area (TPSA) is 145 Å². The smallest absolute Gasteiger partial charge is 0.241 e. The molecule has 4 rings (SSSR count). The van der Waals surface area contributed by atoms with Crippen molar-refractivity contribution >= 4 is 50.8 Å². The Morgan fingerprint density at radius 3 is 2.57 bits per heavy atom. The highest BCUT2D eigenvalue weighted by atomic mass is 35.5. The molecule has 3 aromatic rings. The summed E-state index contributed by atoms with van der Waals surface area (Å²) in [5.41, 5.74) is 9.68. The van der Waals surface area contributed by atoms with Gasteiger partial charge in [0.05, 0.1) is 20.6 Å². The first-order valence-corrected chi connectivity index (χ1v) is 12.9. The molecule has 0 saturated heterocycles. The number of halogens is 2. The van der Waals surface area contributed by atoms with Crippen molar-refractivity contribution in [2.45, 2.75) is 36.9 Å². The van der Waals surface area contributed by atoms with E-state index >= 15 is 0 Å². The average Bonchev–Trinajstić information content (AvgIpc) is 3.31. The van der Waals surface area contributed by atoms with Gasteiger partial charge in [-0.3, -0.25) is 4.79 Å². The minimum Gasteiger partial charge on any atom is -0.759 e. The van der Waals surface area contributed by atoms with Gasteiger partial charge < -0.3 is 25.9 Å². The third kappa shape index (κ3) is 5.54. The molecule has 0 fully saturated rings. The Balaban J connectivity index is 1.60. The molecule has 0 saturated carbocycles. The van der Waals surface area contributed by atoms with E-state index in [1.54, 1.807) is 16.6 Å². The minimum atomic E-state index is -4.20. The van der Waals surface area contributed by atoms with Crippen LogP contribution in [0.5, 0.6) is 0 Å². The van der Waals surface area contributed by atoms with E-state index < -0.39 is 16.1 Å². The zero-order valence-electron chi connectivity index (χ0n) is 18.4. The predicted octanol–water partition coefficient (Wildman–Crippen LogP) is 3.00. The summed E-state index contributed by atoms with van der Waals surface area (Å²) in [5, 5.41) is 11.1. The fourth-order valence-corrected chi connectivity index (χ4v) is 5.86. The zero-order chi connectivity index (χ0) is 25.2. The van der Waals surface area contributed by atoms with E-state index in [1.807, 2.05) is 24.3 Å². The Hall–Kier alpha value is -2.83. The van der Waals surface area contributed by atoms with Gasteiger partial charge in [0.1, 0.15) is 6.04 Å². The van der Waals surface area contributed by atoms with E-state index in [9.17, 15) is 18.4 Å². The number of carbonyl (C=O) groups is 1. The van der Waals surface area contributed by atoms with Crippen LogP contribution in [0.2, 0.25) is 10.0 Å². The number of nitrogens with zero attached hydrogens (tertiary/aromatic N) is 3. The number of aryl methyl sites for hydroxylation is 1. The van der Waals surface area contributed by atoms with Gasteiger partial charge in [-0.15, -0.1) is 0 Å². The van der Waals surface area contributed by atoms with Crippen molar-refractivity contribution in [1.29, 1.82) is 0 Å². The first-order chi connectivity index (χ1) is 16.7. The van der Waals surface area contributed by atoms with Crippen molar-refractivity contribution < 1.29 is 13.2 Å². The van der Waals surface area contributed by atoms with Crippen LogP contribution in [0.4, 0.5) is 11.6 Å². The molecule has 13 heteroatoms. The number of nitrogens with one attached hydrogen (secondary N) is 2. The van der Waals surface area contributed by atoms with Crippen LogP contribution in [0.3, 0.4) is 0 Å². The highest BCUT2D eigenvalue weighted by Crippen LogP contribution is 2.31. The van der Waals surface area contributed by atoms with Crippen LogP contribution in [0.1, 0.15) is 17.5 Å². The van der Waals surface area contributed by atoms with Crippen molar-refractivity contribution in [3.8, 4) is 0 Å². The molecule has 0 spiro atoms. The average molecular weight is 538 g/mol. The number of rotatable bonds is 8. The van der Waals surface area contributed by atoms with E-state index in [0.717, 1.165) is 11.1 Å². The molecular formula is C22H23Cl2N6O4S-. The van der Waals surface area contributed by atoms with Crippen LogP contribution in [-0.4, -0.2) is 41.4 Å². The number of imidazole rings is 1. The maximum Gasteiger partial charge on any atom is 0.241 e. The van der Waals surface area contributed by atoms with Crippen molar-refractivity contribution in [2.75, 3.05) is 17.8 Å². The monoisotopic (exact) mass is 537 g/mol. The molecule has 1 aromatic heterocycles. The summed E-state index contributed by atoms with van der Waals surface area (Å²) in [6.45, 7) is 0.981. The molecule has 1 aliphatic heterocycles. The highest BCUT2D eigenvalue weighted by molar-refractivity contribution is 7.89. The Morgan fingerprint density at radius 1 is 1.20 bits per heavy atom. The number of sulfonamides is 1. The van der Waals surface area contributed by atoms with Crippen molar-refractivity contribution in [2.24, 2.45) is 0 Å². The molecule has 186 valence electrons. The molecule has 1 unspecified atom stereocenters. The van der Waals surface area contributed by atoms with Crippen molar-refractivity contribution in [3.05, 3.63) is 75.2 Å². The highest BCUT2D eigenvalue weighted by Gasteiger charge is 2.31. The number of amides is 1. The van der Waals surface area contributed by atoms with Crippen LogP contribution in [-0.2, 0) is 34.3 Å². The van der Waals surface area contributed by atoms with Crippen LogP contribution in [0.25, 0.3) is 0 Å². The number of fused-ring (bicyclic) bond motifs is 1. The second-order valence-electron chi connectivity index (χ2n) is 8.09. The van der Waals surface area contributed by atoms with Gasteiger partial charge in [0.2, 0.25) is 15.9 Å². The maximum absolute atomic E-state index is 13.5. The van der Waals surface area contributed by atoms with Gasteiger partial charge >= 0.3 is 0 Å². The Kier molecular flexibility index (Phi) is 7.53.